The molecule has 0 fully saturated rings. The Morgan fingerprint density at radius 2 is 1.79 bits per heavy atom. The van der Waals surface area contributed by atoms with Crippen molar-refractivity contribution in [3.05, 3.63) is 79.6 Å². The molecule has 6 nitrogen and oxygen atoms in total. The Balaban J connectivity index is 1.83. The third-order valence-electron chi connectivity index (χ3n) is 5.53. The smallest absolute Gasteiger partial charge is 0.327 e. The van der Waals surface area contributed by atoms with Crippen LogP contribution in [0.2, 0.25) is 5.02 Å². The van der Waals surface area contributed by atoms with Gasteiger partial charge < -0.3 is 9.47 Å². The Kier molecular flexibility index (Phi) is 9.76. The minimum absolute atomic E-state index is 0.00773. The van der Waals surface area contributed by atoms with Crippen molar-refractivity contribution in [2.45, 2.75) is 18.9 Å². The molecule has 180 valence electrons. The second kappa shape index (κ2) is 12.5. The Hall–Kier alpha value is -2.13. The molecule has 1 aliphatic rings. The zero-order valence-electron chi connectivity index (χ0n) is 18.9. The monoisotopic (exact) mass is 565 g/mol. The Bertz CT molecular complexity index is 1090. The summed E-state index contributed by atoms with van der Waals surface area (Å²) >= 11 is 11.2. The van der Waals surface area contributed by atoms with Crippen LogP contribution in [0.4, 0.5) is 0 Å². The van der Waals surface area contributed by atoms with Gasteiger partial charge in [-0.25, -0.2) is 4.79 Å². The molecule has 3 rings (SSSR count). The van der Waals surface area contributed by atoms with Crippen LogP contribution in [0.5, 0.6) is 0 Å². The molecule has 0 N–H and O–H groups in total. The highest BCUT2D eigenvalue weighted by Gasteiger charge is 2.34. The van der Waals surface area contributed by atoms with Gasteiger partial charge in [0.1, 0.15) is 6.04 Å². The van der Waals surface area contributed by atoms with Crippen LogP contribution in [0.1, 0.15) is 34.8 Å². The molecule has 2 aromatic carbocycles. The number of methoxy groups -OCH3 is 2. The van der Waals surface area contributed by atoms with E-state index in [4.69, 9.17) is 21.1 Å². The van der Waals surface area contributed by atoms with E-state index in [-0.39, 0.29) is 23.9 Å². The first-order valence-corrected chi connectivity index (χ1v) is 12.7. The Morgan fingerprint density at radius 3 is 2.44 bits per heavy atom. The average molecular weight is 567 g/mol. The summed E-state index contributed by atoms with van der Waals surface area (Å²) in [4.78, 5) is 40.5. The molecule has 0 saturated carbocycles. The summed E-state index contributed by atoms with van der Waals surface area (Å²) in [7, 11) is 2.69. The normalized spacial score (nSPS) is 15.1. The van der Waals surface area contributed by atoms with Crippen molar-refractivity contribution in [3.63, 3.8) is 0 Å². The van der Waals surface area contributed by atoms with Gasteiger partial charge >= 0.3 is 11.9 Å². The molecule has 9 heteroatoms. The maximum atomic E-state index is 12.7. The van der Waals surface area contributed by atoms with E-state index >= 15 is 0 Å². The molecular formula is C25H25BrClNO5S. The van der Waals surface area contributed by atoms with Gasteiger partial charge in [-0.15, -0.1) is 11.8 Å². The number of halogens is 2. The average Bonchev–Trinajstić information content (AvgIpc) is 2.84. The molecule has 1 aliphatic heterocycles. The van der Waals surface area contributed by atoms with Crippen LogP contribution in [0.3, 0.4) is 0 Å². The first-order valence-electron chi connectivity index (χ1n) is 10.6. The van der Waals surface area contributed by atoms with Crippen molar-refractivity contribution in [3.8, 4) is 0 Å². The lowest BCUT2D eigenvalue weighted by Gasteiger charge is -2.35. The van der Waals surface area contributed by atoms with Crippen molar-refractivity contribution in [1.82, 2.24) is 4.90 Å². The van der Waals surface area contributed by atoms with E-state index in [9.17, 15) is 14.4 Å². The number of ketones is 1. The lowest BCUT2D eigenvalue weighted by atomic mass is 10.00. The van der Waals surface area contributed by atoms with Crippen molar-refractivity contribution >= 4 is 57.0 Å². The van der Waals surface area contributed by atoms with Gasteiger partial charge in [0.15, 0.2) is 5.78 Å². The second-order valence-electron chi connectivity index (χ2n) is 7.67. The van der Waals surface area contributed by atoms with E-state index < -0.39 is 12.0 Å². The summed E-state index contributed by atoms with van der Waals surface area (Å²) in [6.45, 7) is 0.902. The number of hydrogen-bond donors (Lipinski definition) is 0. The maximum absolute atomic E-state index is 12.7. The van der Waals surface area contributed by atoms with Crippen LogP contribution in [0, 0.1) is 0 Å². The van der Waals surface area contributed by atoms with Crippen molar-refractivity contribution in [2.75, 3.05) is 33.1 Å². The molecule has 2 aromatic rings. The zero-order chi connectivity index (χ0) is 24.7. The van der Waals surface area contributed by atoms with Crippen LogP contribution in [-0.2, 0) is 19.1 Å². The fourth-order valence-electron chi connectivity index (χ4n) is 3.78. The number of ether oxygens (including phenoxy) is 2. The lowest BCUT2D eigenvalue weighted by molar-refractivity contribution is -0.147. The number of Topliss-reactive ketones (excluding diaryl/α,β-unsaturated/α-hetero) is 1. The molecule has 0 bridgehead atoms. The van der Waals surface area contributed by atoms with E-state index in [0.29, 0.717) is 35.7 Å². The molecule has 34 heavy (non-hydrogen) atoms. The van der Waals surface area contributed by atoms with Crippen molar-refractivity contribution in [1.29, 1.82) is 0 Å². The molecule has 1 unspecified atom stereocenters. The quantitative estimate of drug-likeness (QED) is 0.295. The Morgan fingerprint density at radius 1 is 1.09 bits per heavy atom. The summed E-state index contributed by atoms with van der Waals surface area (Å²) < 4.78 is 10.9. The van der Waals surface area contributed by atoms with Gasteiger partial charge in [0.2, 0.25) is 0 Å². The molecule has 0 radical (unpaired) electrons. The first kappa shape index (κ1) is 26.5. The van der Waals surface area contributed by atoms with Crippen LogP contribution in [-0.4, -0.2) is 55.7 Å². The Labute approximate surface area is 216 Å². The van der Waals surface area contributed by atoms with Gasteiger partial charge in [0.05, 0.1) is 26.4 Å². The SMILES string of the molecule is COC(=O)CC1=C(SCC(=O)c2ccc(Br)cc2)CCN(C(C(=O)OC)c2ccccc2Cl)C1. The molecule has 0 spiro atoms. The number of carbonyl (C=O) groups is 3. The topological polar surface area (TPSA) is 72.9 Å². The molecular weight excluding hydrogens is 542 g/mol. The standard InChI is InChI=1S/C25H25BrClNO5S/c1-32-23(30)13-17-14-28(24(25(31)33-2)19-5-3-4-6-20(19)27)12-11-22(17)34-15-21(29)16-7-9-18(26)10-8-16/h3-10,24H,11-15H2,1-2H3. The lowest BCUT2D eigenvalue weighted by Crippen LogP contribution is -2.40. The second-order valence-corrected chi connectivity index (χ2v) is 10.1. The minimum atomic E-state index is -0.706. The highest BCUT2D eigenvalue weighted by Crippen LogP contribution is 2.36. The molecule has 0 amide bonds. The number of esters is 2. The van der Waals surface area contributed by atoms with Crippen LogP contribution in [0.15, 0.2) is 63.5 Å². The van der Waals surface area contributed by atoms with Gasteiger partial charge in [-0.05, 0) is 40.7 Å². The highest BCUT2D eigenvalue weighted by molar-refractivity contribution is 9.10. The summed E-state index contributed by atoms with van der Waals surface area (Å²) in [5.41, 5.74) is 2.11. The molecule has 0 aromatic heterocycles. The van der Waals surface area contributed by atoms with Gasteiger partial charge in [-0.3, -0.25) is 14.5 Å². The van der Waals surface area contributed by atoms with E-state index in [1.165, 1.54) is 26.0 Å². The molecule has 0 saturated heterocycles. The van der Waals surface area contributed by atoms with E-state index in [1.807, 2.05) is 23.1 Å². The summed E-state index contributed by atoms with van der Waals surface area (Å²) in [6, 6.07) is 13.7. The van der Waals surface area contributed by atoms with Gasteiger partial charge in [-0.1, -0.05) is 57.9 Å². The molecule has 1 heterocycles. The fraction of sp³-hybridized carbons (Fsp3) is 0.320. The summed E-state index contributed by atoms with van der Waals surface area (Å²) in [6.07, 6.45) is 0.667. The molecule has 0 aliphatic carbocycles. The van der Waals surface area contributed by atoms with Gasteiger partial charge in [0.25, 0.3) is 0 Å². The first-order chi connectivity index (χ1) is 16.3. The zero-order valence-corrected chi connectivity index (χ0v) is 22.0. The predicted molar refractivity (Wildman–Crippen MR) is 137 cm³/mol. The largest absolute Gasteiger partial charge is 0.469 e. The third-order valence-corrected chi connectivity index (χ3v) is 7.65. The van der Waals surface area contributed by atoms with Crippen LogP contribution < -0.4 is 0 Å². The van der Waals surface area contributed by atoms with E-state index in [1.54, 1.807) is 30.3 Å². The number of thioether (sulfide) groups is 1. The number of hydrogen-bond acceptors (Lipinski definition) is 7. The van der Waals surface area contributed by atoms with Crippen LogP contribution in [0.25, 0.3) is 0 Å². The summed E-state index contributed by atoms with van der Waals surface area (Å²) in [5, 5.41) is 0.469. The third kappa shape index (κ3) is 6.72. The minimum Gasteiger partial charge on any atom is -0.469 e. The summed E-state index contributed by atoms with van der Waals surface area (Å²) in [5.74, 6) is -0.533. The van der Waals surface area contributed by atoms with Crippen LogP contribution >= 0.6 is 39.3 Å². The van der Waals surface area contributed by atoms with E-state index in [2.05, 4.69) is 15.9 Å². The number of rotatable bonds is 9. The van der Waals surface area contributed by atoms with Gasteiger partial charge in [-0.2, -0.15) is 0 Å². The number of benzene rings is 2. The number of nitrogens with zero attached hydrogens (tertiary/aromatic N) is 1. The predicted octanol–water partition coefficient (Wildman–Crippen LogP) is 5.46. The van der Waals surface area contributed by atoms with E-state index in [0.717, 1.165) is 15.0 Å². The highest BCUT2D eigenvalue weighted by atomic mass is 79.9. The van der Waals surface area contributed by atoms with Crippen molar-refractivity contribution < 1.29 is 23.9 Å². The maximum Gasteiger partial charge on any atom is 0.327 e. The van der Waals surface area contributed by atoms with Crippen molar-refractivity contribution in [2.24, 2.45) is 0 Å². The fourth-order valence-corrected chi connectivity index (χ4v) is 5.33. The van der Waals surface area contributed by atoms with Gasteiger partial charge in [0, 0.05) is 28.1 Å². The molecule has 1 atom stereocenters. The number of carbonyl (C=O) groups excluding carboxylic acids is 3.